The minimum Gasteiger partial charge on any atom is -0.373 e. The monoisotopic (exact) mass is 285 g/mol. The van der Waals surface area contributed by atoms with Crippen LogP contribution in [0.5, 0.6) is 0 Å². The number of rotatable bonds is 6. The zero-order valence-corrected chi connectivity index (χ0v) is 13.2. The van der Waals surface area contributed by atoms with E-state index in [1.807, 2.05) is 31.4 Å². The van der Waals surface area contributed by atoms with Crippen molar-refractivity contribution in [2.24, 2.45) is 0 Å². The maximum Gasteiger partial charge on any atom is 0.137 e. The van der Waals surface area contributed by atoms with Gasteiger partial charge in [0.2, 0.25) is 0 Å². The smallest absolute Gasteiger partial charge is 0.137 e. The first-order valence-corrected chi connectivity index (χ1v) is 7.34. The van der Waals surface area contributed by atoms with E-state index in [9.17, 15) is 0 Å². The fraction of sp³-hybridized carbons (Fsp3) is 0.438. The normalized spacial score (nSPS) is 10.7. The number of pyridine rings is 1. The molecule has 0 aliphatic heterocycles. The summed E-state index contributed by atoms with van der Waals surface area (Å²) in [5, 5.41) is 3.17. The molecular formula is C16H23N5. The van der Waals surface area contributed by atoms with E-state index in [-0.39, 0.29) is 0 Å². The summed E-state index contributed by atoms with van der Waals surface area (Å²) >= 11 is 0. The van der Waals surface area contributed by atoms with Crippen LogP contribution in [-0.2, 0) is 6.54 Å². The summed E-state index contributed by atoms with van der Waals surface area (Å²) in [5.41, 5.74) is 2.19. The van der Waals surface area contributed by atoms with Crippen molar-refractivity contribution < 1.29 is 0 Å². The Morgan fingerprint density at radius 3 is 2.57 bits per heavy atom. The second-order valence-electron chi connectivity index (χ2n) is 5.20. The SMILES string of the molecule is CCN(Cc1ccccn1)c1ncnc(NC)c1C(C)C. The van der Waals surface area contributed by atoms with Gasteiger partial charge in [-0.3, -0.25) is 4.98 Å². The van der Waals surface area contributed by atoms with E-state index in [1.54, 1.807) is 6.33 Å². The van der Waals surface area contributed by atoms with E-state index < -0.39 is 0 Å². The Morgan fingerprint density at radius 2 is 2.00 bits per heavy atom. The number of aromatic nitrogens is 3. The predicted octanol–water partition coefficient (Wildman–Crippen LogP) is 3.06. The molecule has 0 aliphatic rings. The van der Waals surface area contributed by atoms with Gasteiger partial charge in [0.15, 0.2) is 0 Å². The van der Waals surface area contributed by atoms with E-state index in [0.717, 1.165) is 36.0 Å². The summed E-state index contributed by atoms with van der Waals surface area (Å²) in [7, 11) is 1.90. The number of anilines is 2. The number of nitrogens with zero attached hydrogens (tertiary/aromatic N) is 4. The molecule has 0 aromatic carbocycles. The molecule has 0 saturated carbocycles. The first-order chi connectivity index (χ1) is 10.2. The van der Waals surface area contributed by atoms with E-state index in [1.165, 1.54) is 0 Å². The summed E-state index contributed by atoms with van der Waals surface area (Å²) in [6.07, 6.45) is 3.44. The van der Waals surface area contributed by atoms with Crippen LogP contribution >= 0.6 is 0 Å². The van der Waals surface area contributed by atoms with Crippen LogP contribution in [0, 0.1) is 0 Å². The van der Waals surface area contributed by atoms with Gasteiger partial charge in [0.05, 0.1) is 12.2 Å². The molecule has 0 saturated heterocycles. The molecule has 21 heavy (non-hydrogen) atoms. The summed E-state index contributed by atoms with van der Waals surface area (Å²) in [6, 6.07) is 5.99. The molecule has 2 rings (SSSR count). The molecule has 0 aliphatic carbocycles. The third-order valence-corrected chi connectivity index (χ3v) is 3.44. The molecule has 0 fully saturated rings. The fourth-order valence-corrected chi connectivity index (χ4v) is 2.39. The Hall–Kier alpha value is -2.17. The average molecular weight is 285 g/mol. The van der Waals surface area contributed by atoms with Gasteiger partial charge in [-0.05, 0) is 25.0 Å². The number of hydrogen-bond acceptors (Lipinski definition) is 5. The molecule has 0 radical (unpaired) electrons. The molecule has 0 spiro atoms. The predicted molar refractivity (Wildman–Crippen MR) is 86.6 cm³/mol. The van der Waals surface area contributed by atoms with Crippen molar-refractivity contribution in [3.63, 3.8) is 0 Å². The Bertz CT molecular complexity index is 568. The average Bonchev–Trinajstić information content (AvgIpc) is 2.52. The molecule has 0 atom stereocenters. The molecule has 2 aromatic heterocycles. The van der Waals surface area contributed by atoms with Crippen LogP contribution in [0.2, 0.25) is 0 Å². The molecule has 2 heterocycles. The second kappa shape index (κ2) is 7.02. The molecule has 5 nitrogen and oxygen atoms in total. The highest BCUT2D eigenvalue weighted by molar-refractivity contribution is 5.60. The number of hydrogen-bond donors (Lipinski definition) is 1. The van der Waals surface area contributed by atoms with E-state index in [0.29, 0.717) is 5.92 Å². The molecule has 0 bridgehead atoms. The molecule has 0 amide bonds. The van der Waals surface area contributed by atoms with Gasteiger partial charge in [0, 0.05) is 25.4 Å². The van der Waals surface area contributed by atoms with Gasteiger partial charge >= 0.3 is 0 Å². The van der Waals surface area contributed by atoms with Gasteiger partial charge in [0.1, 0.15) is 18.0 Å². The van der Waals surface area contributed by atoms with Crippen molar-refractivity contribution in [3.8, 4) is 0 Å². The lowest BCUT2D eigenvalue weighted by Gasteiger charge is -2.26. The summed E-state index contributed by atoms with van der Waals surface area (Å²) in [5.74, 6) is 2.23. The first-order valence-electron chi connectivity index (χ1n) is 7.34. The van der Waals surface area contributed by atoms with Gasteiger partial charge in [-0.15, -0.1) is 0 Å². The Kier molecular flexibility index (Phi) is 5.09. The Morgan fingerprint density at radius 1 is 1.19 bits per heavy atom. The van der Waals surface area contributed by atoms with Crippen molar-refractivity contribution in [1.82, 2.24) is 15.0 Å². The fourth-order valence-electron chi connectivity index (χ4n) is 2.39. The highest BCUT2D eigenvalue weighted by atomic mass is 15.2. The standard InChI is InChI=1S/C16H23N5/c1-5-21(10-13-8-6-7-9-18-13)16-14(12(2)3)15(17-4)19-11-20-16/h6-9,11-12H,5,10H2,1-4H3,(H,17,19,20). The van der Waals surface area contributed by atoms with Crippen LogP contribution in [0.4, 0.5) is 11.6 Å². The van der Waals surface area contributed by atoms with Crippen LogP contribution in [-0.4, -0.2) is 28.5 Å². The van der Waals surface area contributed by atoms with E-state index in [4.69, 9.17) is 0 Å². The topological polar surface area (TPSA) is 53.9 Å². The van der Waals surface area contributed by atoms with Gasteiger partial charge in [-0.2, -0.15) is 0 Å². The zero-order chi connectivity index (χ0) is 15.2. The summed E-state index contributed by atoms with van der Waals surface area (Å²) < 4.78 is 0. The Labute approximate surface area is 126 Å². The molecule has 2 aromatic rings. The quantitative estimate of drug-likeness (QED) is 0.884. The largest absolute Gasteiger partial charge is 0.373 e. The third-order valence-electron chi connectivity index (χ3n) is 3.44. The van der Waals surface area contributed by atoms with Gasteiger partial charge < -0.3 is 10.2 Å². The second-order valence-corrected chi connectivity index (χ2v) is 5.20. The molecule has 1 N–H and O–H groups in total. The Balaban J connectivity index is 2.38. The highest BCUT2D eigenvalue weighted by Gasteiger charge is 2.18. The van der Waals surface area contributed by atoms with E-state index in [2.05, 4.69) is 45.9 Å². The van der Waals surface area contributed by atoms with E-state index >= 15 is 0 Å². The highest BCUT2D eigenvalue weighted by Crippen LogP contribution is 2.31. The van der Waals surface area contributed by atoms with Crippen molar-refractivity contribution in [3.05, 3.63) is 42.0 Å². The van der Waals surface area contributed by atoms with Crippen LogP contribution < -0.4 is 10.2 Å². The van der Waals surface area contributed by atoms with Crippen LogP contribution in [0.1, 0.15) is 37.9 Å². The van der Waals surface area contributed by atoms with Crippen LogP contribution in [0.25, 0.3) is 0 Å². The van der Waals surface area contributed by atoms with Gasteiger partial charge in [0.25, 0.3) is 0 Å². The van der Waals surface area contributed by atoms with Crippen molar-refractivity contribution in [2.75, 3.05) is 23.8 Å². The molecule has 112 valence electrons. The maximum absolute atomic E-state index is 4.52. The summed E-state index contributed by atoms with van der Waals surface area (Å²) in [6.45, 7) is 8.08. The lowest BCUT2D eigenvalue weighted by atomic mass is 10.0. The van der Waals surface area contributed by atoms with Crippen LogP contribution in [0.15, 0.2) is 30.7 Å². The van der Waals surface area contributed by atoms with Crippen LogP contribution in [0.3, 0.4) is 0 Å². The van der Waals surface area contributed by atoms with Gasteiger partial charge in [-0.1, -0.05) is 19.9 Å². The van der Waals surface area contributed by atoms with Gasteiger partial charge in [-0.25, -0.2) is 9.97 Å². The zero-order valence-electron chi connectivity index (χ0n) is 13.2. The molecular weight excluding hydrogens is 262 g/mol. The maximum atomic E-state index is 4.52. The minimum atomic E-state index is 0.349. The molecule has 5 heteroatoms. The lowest BCUT2D eigenvalue weighted by Crippen LogP contribution is -2.26. The van der Waals surface area contributed by atoms with Crippen molar-refractivity contribution in [2.45, 2.75) is 33.2 Å². The molecule has 0 unspecified atom stereocenters. The van der Waals surface area contributed by atoms with Crippen molar-refractivity contribution >= 4 is 11.6 Å². The first kappa shape index (κ1) is 15.2. The third kappa shape index (κ3) is 3.48. The summed E-state index contributed by atoms with van der Waals surface area (Å²) in [4.78, 5) is 15.5. The number of nitrogens with one attached hydrogen (secondary N) is 1. The minimum absolute atomic E-state index is 0.349. The lowest BCUT2D eigenvalue weighted by molar-refractivity contribution is 0.760. The van der Waals surface area contributed by atoms with Crippen molar-refractivity contribution in [1.29, 1.82) is 0 Å².